The molecule has 0 heterocycles. The maximum absolute atomic E-state index is 11.4. The van der Waals surface area contributed by atoms with Gasteiger partial charge in [-0.15, -0.1) is 0 Å². The molecule has 0 aliphatic rings. The number of rotatable bonds is 8. The highest BCUT2D eigenvalue weighted by atomic mass is 16.1. The number of benzene rings is 1. The number of carbonyl (C=O) groups is 1. The Labute approximate surface area is 123 Å². The summed E-state index contributed by atoms with van der Waals surface area (Å²) in [6, 6.07) is 10.3. The van der Waals surface area contributed by atoms with Crippen molar-refractivity contribution < 1.29 is 4.79 Å². The third-order valence-corrected chi connectivity index (χ3v) is 3.43. The number of hydrogen-bond donors (Lipinski definition) is 0. The summed E-state index contributed by atoms with van der Waals surface area (Å²) >= 11 is 0. The third kappa shape index (κ3) is 6.51. The number of allylic oxidation sites excluding steroid dienone is 3. The van der Waals surface area contributed by atoms with Crippen molar-refractivity contribution in [2.24, 2.45) is 0 Å². The van der Waals surface area contributed by atoms with Gasteiger partial charge in [0.05, 0.1) is 0 Å². The number of Topliss-reactive ketones (excluding diaryl/α,β-unsaturated/α-hetero) is 1. The van der Waals surface area contributed by atoms with Crippen LogP contribution in [0.3, 0.4) is 0 Å². The molecule has 0 saturated carbocycles. The highest BCUT2D eigenvalue weighted by molar-refractivity contribution is 5.93. The van der Waals surface area contributed by atoms with Crippen LogP contribution in [0.5, 0.6) is 0 Å². The van der Waals surface area contributed by atoms with Crippen molar-refractivity contribution in [3.8, 4) is 0 Å². The van der Waals surface area contributed by atoms with Gasteiger partial charge in [-0.1, -0.05) is 68.7 Å². The Bertz CT molecular complexity index is 466. The lowest BCUT2D eigenvalue weighted by Gasteiger charge is -2.05. The highest BCUT2D eigenvalue weighted by Gasteiger charge is 2.00. The Kier molecular flexibility index (Phi) is 7.64. The molecule has 0 amide bonds. The number of ketones is 1. The summed E-state index contributed by atoms with van der Waals surface area (Å²) < 4.78 is 0. The van der Waals surface area contributed by atoms with Crippen LogP contribution in [-0.4, -0.2) is 5.78 Å². The SMILES string of the molecule is CCCCCCC(=C/c1ccccc1)/C=C(\C)C(C)=O. The highest BCUT2D eigenvalue weighted by Crippen LogP contribution is 2.17. The average Bonchev–Trinajstić information content (AvgIpc) is 2.44. The molecule has 1 aromatic rings. The van der Waals surface area contributed by atoms with Crippen LogP contribution >= 0.6 is 0 Å². The van der Waals surface area contributed by atoms with Gasteiger partial charge < -0.3 is 0 Å². The van der Waals surface area contributed by atoms with Gasteiger partial charge in [-0.3, -0.25) is 4.79 Å². The van der Waals surface area contributed by atoms with E-state index in [-0.39, 0.29) is 5.78 Å². The Hall–Kier alpha value is -1.63. The molecular weight excluding hydrogens is 244 g/mol. The lowest BCUT2D eigenvalue weighted by molar-refractivity contribution is -0.113. The zero-order valence-electron chi connectivity index (χ0n) is 13.0. The molecule has 0 bridgehead atoms. The van der Waals surface area contributed by atoms with Gasteiger partial charge in [0, 0.05) is 0 Å². The van der Waals surface area contributed by atoms with Crippen molar-refractivity contribution in [2.75, 3.05) is 0 Å². The largest absolute Gasteiger partial charge is 0.295 e. The van der Waals surface area contributed by atoms with Gasteiger partial charge in [0.1, 0.15) is 0 Å². The minimum absolute atomic E-state index is 0.150. The smallest absolute Gasteiger partial charge is 0.155 e. The van der Waals surface area contributed by atoms with Gasteiger partial charge in [0.25, 0.3) is 0 Å². The standard InChI is InChI=1S/C19H26O/c1-4-5-6-8-13-19(14-16(2)17(3)20)15-18-11-9-7-10-12-18/h7,9-12,14-15H,4-6,8,13H2,1-3H3/b16-14+,19-15-. The van der Waals surface area contributed by atoms with Crippen molar-refractivity contribution in [3.63, 3.8) is 0 Å². The summed E-state index contributed by atoms with van der Waals surface area (Å²) in [5.41, 5.74) is 3.29. The van der Waals surface area contributed by atoms with E-state index in [1.807, 2.05) is 31.2 Å². The van der Waals surface area contributed by atoms with Crippen LogP contribution in [-0.2, 0) is 4.79 Å². The van der Waals surface area contributed by atoms with E-state index in [4.69, 9.17) is 0 Å². The number of unbranched alkanes of at least 4 members (excludes halogenated alkanes) is 3. The van der Waals surface area contributed by atoms with E-state index in [2.05, 4.69) is 25.1 Å². The normalized spacial score (nSPS) is 12.6. The first-order valence-corrected chi connectivity index (χ1v) is 7.58. The minimum atomic E-state index is 0.150. The Balaban J connectivity index is 2.81. The molecule has 1 nitrogen and oxygen atoms in total. The van der Waals surface area contributed by atoms with Crippen LogP contribution in [0.1, 0.15) is 58.4 Å². The van der Waals surface area contributed by atoms with Crippen LogP contribution in [0.4, 0.5) is 0 Å². The van der Waals surface area contributed by atoms with Crippen molar-refractivity contribution >= 4 is 11.9 Å². The number of carbonyl (C=O) groups excluding carboxylic acids is 1. The van der Waals surface area contributed by atoms with E-state index in [0.29, 0.717) is 0 Å². The van der Waals surface area contributed by atoms with Crippen LogP contribution in [0.15, 0.2) is 47.6 Å². The summed E-state index contributed by atoms with van der Waals surface area (Å²) in [4.78, 5) is 11.4. The second-order valence-corrected chi connectivity index (χ2v) is 5.32. The van der Waals surface area contributed by atoms with Gasteiger partial charge in [0.2, 0.25) is 0 Å². The molecule has 0 fully saturated rings. The third-order valence-electron chi connectivity index (χ3n) is 3.43. The monoisotopic (exact) mass is 270 g/mol. The summed E-state index contributed by atoms with van der Waals surface area (Å²) in [6.07, 6.45) is 10.3. The van der Waals surface area contributed by atoms with Crippen LogP contribution in [0.2, 0.25) is 0 Å². The van der Waals surface area contributed by atoms with Gasteiger partial charge in [0.15, 0.2) is 5.78 Å². The molecule has 0 radical (unpaired) electrons. The van der Waals surface area contributed by atoms with Gasteiger partial charge >= 0.3 is 0 Å². The molecule has 20 heavy (non-hydrogen) atoms. The summed E-state index contributed by atoms with van der Waals surface area (Å²) in [6.45, 7) is 5.75. The molecule has 0 unspecified atom stereocenters. The van der Waals surface area contributed by atoms with Gasteiger partial charge in [-0.2, -0.15) is 0 Å². The zero-order valence-corrected chi connectivity index (χ0v) is 13.0. The molecule has 1 heteroatoms. The van der Waals surface area contributed by atoms with E-state index in [1.54, 1.807) is 6.92 Å². The van der Waals surface area contributed by atoms with Crippen molar-refractivity contribution in [2.45, 2.75) is 52.9 Å². The second-order valence-electron chi connectivity index (χ2n) is 5.32. The molecule has 108 valence electrons. The van der Waals surface area contributed by atoms with Crippen molar-refractivity contribution in [3.05, 3.63) is 53.1 Å². The fraction of sp³-hybridized carbons (Fsp3) is 0.421. The predicted octanol–water partition coefficient (Wildman–Crippen LogP) is 5.58. The minimum Gasteiger partial charge on any atom is -0.295 e. The first-order chi connectivity index (χ1) is 9.63. The topological polar surface area (TPSA) is 17.1 Å². The predicted molar refractivity (Wildman–Crippen MR) is 87.6 cm³/mol. The van der Waals surface area contributed by atoms with Crippen LogP contribution in [0, 0.1) is 0 Å². The first-order valence-electron chi connectivity index (χ1n) is 7.58. The summed E-state index contributed by atoms with van der Waals surface area (Å²) in [7, 11) is 0. The molecule has 1 aromatic carbocycles. The first kappa shape index (κ1) is 16.4. The van der Waals surface area contributed by atoms with Gasteiger partial charge in [-0.25, -0.2) is 0 Å². The van der Waals surface area contributed by atoms with E-state index in [1.165, 1.54) is 36.8 Å². The summed E-state index contributed by atoms with van der Waals surface area (Å²) in [5.74, 6) is 0.150. The van der Waals surface area contributed by atoms with E-state index in [9.17, 15) is 4.79 Å². The molecule has 1 rings (SSSR count). The van der Waals surface area contributed by atoms with E-state index in [0.717, 1.165) is 12.0 Å². The summed E-state index contributed by atoms with van der Waals surface area (Å²) in [5, 5.41) is 0. The van der Waals surface area contributed by atoms with Crippen LogP contribution in [0.25, 0.3) is 6.08 Å². The molecule has 0 aromatic heterocycles. The quantitative estimate of drug-likeness (QED) is 0.342. The lowest BCUT2D eigenvalue weighted by atomic mass is 10.0. The second kappa shape index (κ2) is 9.30. The zero-order chi connectivity index (χ0) is 14.8. The molecule has 0 spiro atoms. The molecule has 0 aliphatic carbocycles. The molecule has 0 N–H and O–H groups in total. The maximum Gasteiger partial charge on any atom is 0.155 e. The Morgan fingerprint density at radius 1 is 1.05 bits per heavy atom. The van der Waals surface area contributed by atoms with Gasteiger partial charge in [-0.05, 0) is 43.4 Å². The molecular formula is C19H26O. The lowest BCUT2D eigenvalue weighted by Crippen LogP contribution is -1.93. The van der Waals surface area contributed by atoms with Crippen molar-refractivity contribution in [1.82, 2.24) is 0 Å². The average molecular weight is 270 g/mol. The fourth-order valence-electron chi connectivity index (χ4n) is 2.08. The maximum atomic E-state index is 11.4. The van der Waals surface area contributed by atoms with Crippen LogP contribution < -0.4 is 0 Å². The Morgan fingerprint density at radius 2 is 1.75 bits per heavy atom. The van der Waals surface area contributed by atoms with E-state index < -0.39 is 0 Å². The fourth-order valence-corrected chi connectivity index (χ4v) is 2.08. The molecule has 0 saturated heterocycles. The number of hydrogen-bond acceptors (Lipinski definition) is 1. The molecule has 0 atom stereocenters. The Morgan fingerprint density at radius 3 is 2.35 bits per heavy atom. The van der Waals surface area contributed by atoms with E-state index >= 15 is 0 Å². The molecule has 0 aliphatic heterocycles. The van der Waals surface area contributed by atoms with Crippen molar-refractivity contribution in [1.29, 1.82) is 0 Å².